The fourth-order valence-electron chi connectivity index (χ4n) is 3.15. The number of halogens is 1. The highest BCUT2D eigenvalue weighted by Gasteiger charge is 2.32. The number of aryl methyl sites for hydroxylation is 1. The molecule has 3 aromatic rings. The number of H-pyrrole nitrogens is 1. The summed E-state index contributed by atoms with van der Waals surface area (Å²) < 4.78 is 1.54. The number of rotatable bonds is 2. The highest BCUT2D eigenvalue weighted by atomic mass is 35.5. The van der Waals surface area contributed by atoms with E-state index < -0.39 is 0 Å². The molecule has 1 aromatic carbocycles. The van der Waals surface area contributed by atoms with Crippen molar-refractivity contribution in [2.75, 3.05) is 5.32 Å². The molecule has 0 unspecified atom stereocenters. The Labute approximate surface area is 147 Å². The molecule has 0 aliphatic carbocycles. The third kappa shape index (κ3) is 2.72. The second-order valence-electron chi connectivity index (χ2n) is 5.90. The second-order valence-corrected chi connectivity index (χ2v) is 6.33. The zero-order valence-corrected chi connectivity index (χ0v) is 14.0. The summed E-state index contributed by atoms with van der Waals surface area (Å²) in [5, 5.41) is 14.4. The van der Waals surface area contributed by atoms with E-state index in [4.69, 9.17) is 11.6 Å². The molecule has 0 fully saturated rings. The van der Waals surface area contributed by atoms with Crippen molar-refractivity contribution in [1.82, 2.24) is 20.0 Å². The van der Waals surface area contributed by atoms with Gasteiger partial charge in [-0.3, -0.25) is 9.59 Å². The molecule has 126 valence electrons. The van der Waals surface area contributed by atoms with E-state index >= 15 is 0 Å². The molecular formula is C17H14ClN5O2. The highest BCUT2D eigenvalue weighted by molar-refractivity contribution is 6.30. The largest absolute Gasteiger partial charge is 0.310 e. The van der Waals surface area contributed by atoms with Crippen LogP contribution in [-0.2, 0) is 4.79 Å². The molecule has 25 heavy (non-hydrogen) atoms. The Morgan fingerprint density at radius 2 is 1.92 bits per heavy atom. The van der Waals surface area contributed by atoms with Crippen LogP contribution in [0.1, 0.15) is 29.2 Å². The van der Waals surface area contributed by atoms with Crippen LogP contribution in [0.25, 0.3) is 5.82 Å². The van der Waals surface area contributed by atoms with Crippen molar-refractivity contribution >= 4 is 23.3 Å². The van der Waals surface area contributed by atoms with Gasteiger partial charge in [0.05, 0.1) is 5.69 Å². The number of nitrogens with one attached hydrogen (secondary N) is 2. The molecule has 0 spiro atoms. The van der Waals surface area contributed by atoms with Crippen LogP contribution in [0.15, 0.2) is 41.2 Å². The van der Waals surface area contributed by atoms with Crippen LogP contribution in [0, 0.1) is 6.92 Å². The first kappa shape index (κ1) is 15.6. The quantitative estimate of drug-likeness (QED) is 0.738. The molecule has 3 heterocycles. The van der Waals surface area contributed by atoms with Gasteiger partial charge in [0.15, 0.2) is 5.82 Å². The van der Waals surface area contributed by atoms with Crippen molar-refractivity contribution in [1.29, 1.82) is 0 Å². The van der Waals surface area contributed by atoms with Gasteiger partial charge in [-0.25, -0.2) is 5.10 Å². The Kier molecular flexibility index (Phi) is 3.65. The number of nitrogens with zero attached hydrogens (tertiary/aromatic N) is 3. The predicted molar refractivity (Wildman–Crippen MR) is 93.3 cm³/mol. The van der Waals surface area contributed by atoms with Crippen molar-refractivity contribution in [3.05, 3.63) is 68.6 Å². The average Bonchev–Trinajstić information content (AvgIpc) is 2.92. The van der Waals surface area contributed by atoms with Crippen LogP contribution in [0.4, 0.5) is 5.82 Å². The molecule has 0 saturated carbocycles. The van der Waals surface area contributed by atoms with Gasteiger partial charge in [0, 0.05) is 29.0 Å². The van der Waals surface area contributed by atoms with Crippen molar-refractivity contribution in [3.63, 3.8) is 0 Å². The molecule has 7 nitrogen and oxygen atoms in total. The third-order valence-corrected chi connectivity index (χ3v) is 4.51. The van der Waals surface area contributed by atoms with Gasteiger partial charge in [-0.15, -0.1) is 0 Å². The average molecular weight is 356 g/mol. The minimum atomic E-state index is -0.301. The number of carbonyl (C=O) groups excluding carboxylic acids is 1. The summed E-state index contributed by atoms with van der Waals surface area (Å²) in [4.78, 5) is 23.5. The molecule has 0 bridgehead atoms. The van der Waals surface area contributed by atoms with Crippen LogP contribution >= 0.6 is 11.6 Å². The zero-order chi connectivity index (χ0) is 17.6. The van der Waals surface area contributed by atoms with Crippen LogP contribution in [0.2, 0.25) is 5.02 Å². The first-order valence-electron chi connectivity index (χ1n) is 7.74. The number of anilines is 1. The lowest BCUT2D eigenvalue weighted by atomic mass is 9.86. The van der Waals surface area contributed by atoms with E-state index in [1.165, 1.54) is 6.07 Å². The summed E-state index contributed by atoms with van der Waals surface area (Å²) >= 11 is 5.97. The van der Waals surface area contributed by atoms with Crippen LogP contribution in [0.3, 0.4) is 0 Å². The molecule has 1 amide bonds. The maximum Gasteiger partial charge on any atom is 0.264 e. The number of fused-ring (bicyclic) bond motifs is 1. The van der Waals surface area contributed by atoms with E-state index in [-0.39, 0.29) is 17.4 Å². The van der Waals surface area contributed by atoms with Gasteiger partial charge in [-0.1, -0.05) is 23.7 Å². The number of benzene rings is 1. The van der Waals surface area contributed by atoms with Gasteiger partial charge >= 0.3 is 0 Å². The van der Waals surface area contributed by atoms with E-state index in [0.29, 0.717) is 23.1 Å². The first-order chi connectivity index (χ1) is 12.0. The Morgan fingerprint density at radius 1 is 1.16 bits per heavy atom. The van der Waals surface area contributed by atoms with Gasteiger partial charge in [0.1, 0.15) is 5.82 Å². The number of amides is 1. The van der Waals surface area contributed by atoms with E-state index in [0.717, 1.165) is 16.8 Å². The van der Waals surface area contributed by atoms with Gasteiger partial charge in [-0.05, 0) is 30.7 Å². The van der Waals surface area contributed by atoms with Crippen LogP contribution in [-0.4, -0.2) is 25.9 Å². The molecule has 0 saturated heterocycles. The number of hydrogen-bond donors (Lipinski definition) is 2. The maximum atomic E-state index is 12.3. The van der Waals surface area contributed by atoms with E-state index in [9.17, 15) is 9.59 Å². The Morgan fingerprint density at radius 3 is 2.60 bits per heavy atom. The number of carbonyl (C=O) groups is 1. The van der Waals surface area contributed by atoms with Crippen LogP contribution < -0.4 is 10.9 Å². The summed E-state index contributed by atoms with van der Waals surface area (Å²) in [5.74, 6) is 0.796. The molecule has 1 aliphatic rings. The SMILES string of the molecule is Cc1nn(-c2ccc(=O)[nH]n2)c2c1[C@@H](c1ccc(Cl)cc1)CC(=O)N2. The standard InChI is InChI=1S/C17H14ClN5O2/c1-9-16-12(10-2-4-11(18)5-3-10)8-15(25)19-17(16)23(22-9)13-6-7-14(24)21-20-13/h2-7,12H,8H2,1H3,(H,19,25)(H,21,24)/t12-/m1/s1. The van der Waals surface area contributed by atoms with Gasteiger partial charge in [0.2, 0.25) is 5.91 Å². The van der Waals surface area contributed by atoms with Gasteiger partial charge < -0.3 is 5.32 Å². The lowest BCUT2D eigenvalue weighted by Gasteiger charge is -2.24. The normalized spacial score (nSPS) is 16.4. The monoisotopic (exact) mass is 355 g/mol. The molecule has 1 aliphatic heterocycles. The van der Waals surface area contributed by atoms with E-state index in [1.54, 1.807) is 10.7 Å². The smallest absolute Gasteiger partial charge is 0.264 e. The molecule has 1 atom stereocenters. The minimum absolute atomic E-state index is 0.0991. The molecule has 2 N–H and O–H groups in total. The van der Waals surface area contributed by atoms with Crippen molar-refractivity contribution in [3.8, 4) is 5.82 Å². The fourth-order valence-corrected chi connectivity index (χ4v) is 3.27. The van der Waals surface area contributed by atoms with Crippen molar-refractivity contribution < 1.29 is 4.79 Å². The van der Waals surface area contributed by atoms with Crippen molar-refractivity contribution in [2.45, 2.75) is 19.3 Å². The summed E-state index contributed by atoms with van der Waals surface area (Å²) in [6.07, 6.45) is 0.334. The Bertz CT molecular complexity index is 1000. The Balaban J connectivity index is 1.87. The van der Waals surface area contributed by atoms with Crippen molar-refractivity contribution in [2.24, 2.45) is 0 Å². The zero-order valence-electron chi connectivity index (χ0n) is 13.3. The number of aromatic nitrogens is 4. The minimum Gasteiger partial charge on any atom is -0.310 e. The van der Waals surface area contributed by atoms with Crippen LogP contribution in [0.5, 0.6) is 0 Å². The molecule has 0 radical (unpaired) electrons. The molecule has 2 aromatic heterocycles. The fraction of sp³-hybridized carbons (Fsp3) is 0.176. The third-order valence-electron chi connectivity index (χ3n) is 4.26. The summed E-state index contributed by atoms with van der Waals surface area (Å²) in [7, 11) is 0. The maximum absolute atomic E-state index is 12.3. The highest BCUT2D eigenvalue weighted by Crippen LogP contribution is 2.40. The van der Waals surface area contributed by atoms with E-state index in [2.05, 4.69) is 20.6 Å². The topological polar surface area (TPSA) is 92.7 Å². The molecule has 8 heteroatoms. The number of aromatic amines is 1. The molecular weight excluding hydrogens is 342 g/mol. The number of hydrogen-bond acceptors (Lipinski definition) is 4. The molecule has 4 rings (SSSR count). The van der Waals surface area contributed by atoms with Gasteiger partial charge in [0.25, 0.3) is 5.56 Å². The summed E-state index contributed by atoms with van der Waals surface area (Å²) in [6.45, 7) is 1.89. The summed E-state index contributed by atoms with van der Waals surface area (Å²) in [5.41, 5.74) is 2.43. The first-order valence-corrected chi connectivity index (χ1v) is 8.11. The second kappa shape index (κ2) is 5.86. The Hall–Kier alpha value is -2.93. The lowest BCUT2D eigenvalue weighted by Crippen LogP contribution is -2.25. The summed E-state index contributed by atoms with van der Waals surface area (Å²) in [6, 6.07) is 10.4. The lowest BCUT2D eigenvalue weighted by molar-refractivity contribution is -0.116. The van der Waals surface area contributed by atoms with Gasteiger partial charge in [-0.2, -0.15) is 14.9 Å². The predicted octanol–water partition coefficient (Wildman–Crippen LogP) is 2.39. The van der Waals surface area contributed by atoms with E-state index in [1.807, 2.05) is 31.2 Å².